The van der Waals surface area contributed by atoms with Crippen LogP contribution in [0.25, 0.3) is 0 Å². The van der Waals surface area contributed by atoms with Gasteiger partial charge in [0, 0.05) is 37.5 Å². The number of hydrogen-bond donors (Lipinski definition) is 1. The van der Waals surface area contributed by atoms with Gasteiger partial charge < -0.3 is 15.4 Å². The molecule has 1 aromatic rings. The number of likely N-dealkylation sites (tertiary alicyclic amines) is 1. The van der Waals surface area contributed by atoms with Crippen LogP contribution in [0.5, 0.6) is 0 Å². The molecule has 0 spiro atoms. The van der Waals surface area contributed by atoms with Crippen molar-refractivity contribution in [2.24, 2.45) is 5.73 Å². The van der Waals surface area contributed by atoms with Crippen LogP contribution in [0.3, 0.4) is 0 Å². The second kappa shape index (κ2) is 7.03. The van der Waals surface area contributed by atoms with Crippen LogP contribution in [0.2, 0.25) is 0 Å². The number of carbonyl (C=O) groups is 1. The molecule has 0 saturated carbocycles. The molecule has 1 saturated heterocycles. The summed E-state index contributed by atoms with van der Waals surface area (Å²) in [6.45, 7) is 1.29. The van der Waals surface area contributed by atoms with E-state index in [0.29, 0.717) is 13.0 Å². The summed E-state index contributed by atoms with van der Waals surface area (Å²) in [4.78, 5) is 15.5. The fourth-order valence-corrected chi connectivity index (χ4v) is 3.32. The Labute approximate surface area is 118 Å². The third kappa shape index (κ3) is 3.78. The Balaban J connectivity index is 1.87. The van der Waals surface area contributed by atoms with Gasteiger partial charge in [0.25, 0.3) is 0 Å². The fraction of sp³-hybridized carbons (Fsp3) is 0.643. The smallest absolute Gasteiger partial charge is 0.223 e. The number of nitrogens with two attached hydrogens (primary N) is 1. The Bertz CT molecular complexity index is 394. The Hall–Kier alpha value is -0.910. The molecule has 2 N–H and O–H groups in total. The number of rotatable bonds is 5. The first kappa shape index (κ1) is 14.5. The van der Waals surface area contributed by atoms with Crippen molar-refractivity contribution in [1.29, 1.82) is 0 Å². The van der Waals surface area contributed by atoms with Crippen molar-refractivity contribution in [3.8, 4) is 0 Å². The van der Waals surface area contributed by atoms with E-state index in [0.717, 1.165) is 25.8 Å². The number of methoxy groups -OCH3 is 1. The molecule has 1 aliphatic heterocycles. The van der Waals surface area contributed by atoms with E-state index in [4.69, 9.17) is 10.5 Å². The Kier molecular flexibility index (Phi) is 5.36. The molecule has 5 heteroatoms. The van der Waals surface area contributed by atoms with Gasteiger partial charge >= 0.3 is 0 Å². The van der Waals surface area contributed by atoms with Crippen molar-refractivity contribution < 1.29 is 9.53 Å². The van der Waals surface area contributed by atoms with Gasteiger partial charge in [-0.2, -0.15) is 0 Å². The molecule has 19 heavy (non-hydrogen) atoms. The van der Waals surface area contributed by atoms with E-state index in [-0.39, 0.29) is 18.1 Å². The lowest BCUT2D eigenvalue weighted by Gasteiger charge is -2.38. The van der Waals surface area contributed by atoms with Crippen LogP contribution in [0.15, 0.2) is 17.5 Å². The van der Waals surface area contributed by atoms with Crippen molar-refractivity contribution in [1.82, 2.24) is 4.90 Å². The quantitative estimate of drug-likeness (QED) is 0.893. The lowest BCUT2D eigenvalue weighted by atomic mass is 9.98. The van der Waals surface area contributed by atoms with Crippen LogP contribution >= 0.6 is 11.3 Å². The standard InChI is InChI=1S/C14H22N2O2S/c1-18-12-6-7-16(11(9-12)10-15)14(17)5-4-13-3-2-8-19-13/h2-3,8,11-12H,4-7,9-10,15H2,1H3/t11-,12+/m1/s1. The minimum Gasteiger partial charge on any atom is -0.381 e. The Morgan fingerprint density at radius 2 is 2.47 bits per heavy atom. The SMILES string of the molecule is CO[C@H]1CCN(C(=O)CCc2cccs2)[C@@H](CN)C1. The predicted octanol–water partition coefficient (Wildman–Crippen LogP) is 1.65. The van der Waals surface area contributed by atoms with Gasteiger partial charge in [-0.25, -0.2) is 0 Å². The lowest BCUT2D eigenvalue weighted by Crippen LogP contribution is -2.51. The highest BCUT2D eigenvalue weighted by Crippen LogP contribution is 2.21. The fourth-order valence-electron chi connectivity index (χ4n) is 2.61. The molecule has 2 rings (SSSR count). The van der Waals surface area contributed by atoms with Crippen LogP contribution in [0.4, 0.5) is 0 Å². The summed E-state index contributed by atoms with van der Waals surface area (Å²) in [7, 11) is 1.73. The van der Waals surface area contributed by atoms with Gasteiger partial charge in [0.1, 0.15) is 0 Å². The molecule has 1 amide bonds. The lowest BCUT2D eigenvalue weighted by molar-refractivity contribution is -0.136. The highest BCUT2D eigenvalue weighted by molar-refractivity contribution is 7.09. The monoisotopic (exact) mass is 282 g/mol. The predicted molar refractivity (Wildman–Crippen MR) is 77.2 cm³/mol. The molecule has 1 aromatic heterocycles. The number of carbonyl (C=O) groups excluding carboxylic acids is 1. The largest absolute Gasteiger partial charge is 0.381 e. The first-order valence-corrected chi connectivity index (χ1v) is 7.67. The molecule has 1 aliphatic rings. The van der Waals surface area contributed by atoms with E-state index in [1.165, 1.54) is 4.88 Å². The third-order valence-electron chi connectivity index (χ3n) is 3.76. The zero-order valence-electron chi connectivity index (χ0n) is 11.4. The second-order valence-corrected chi connectivity index (χ2v) is 5.97. The molecule has 0 aliphatic carbocycles. The molecule has 0 aromatic carbocycles. The Morgan fingerprint density at radius 1 is 1.63 bits per heavy atom. The highest BCUT2D eigenvalue weighted by atomic mass is 32.1. The van der Waals surface area contributed by atoms with E-state index in [2.05, 4.69) is 6.07 Å². The van der Waals surface area contributed by atoms with Crippen LogP contribution < -0.4 is 5.73 Å². The zero-order valence-corrected chi connectivity index (χ0v) is 12.2. The van der Waals surface area contributed by atoms with Gasteiger partial charge in [-0.05, 0) is 30.7 Å². The molecular formula is C14H22N2O2S. The van der Waals surface area contributed by atoms with Crippen LogP contribution in [0, 0.1) is 0 Å². The van der Waals surface area contributed by atoms with Crippen molar-refractivity contribution in [2.75, 3.05) is 20.2 Å². The maximum Gasteiger partial charge on any atom is 0.223 e. The maximum absolute atomic E-state index is 12.3. The van der Waals surface area contributed by atoms with Gasteiger partial charge in [-0.15, -0.1) is 11.3 Å². The number of nitrogens with zero attached hydrogens (tertiary/aromatic N) is 1. The zero-order chi connectivity index (χ0) is 13.7. The van der Waals surface area contributed by atoms with Crippen molar-refractivity contribution in [3.63, 3.8) is 0 Å². The van der Waals surface area contributed by atoms with Crippen LogP contribution in [0.1, 0.15) is 24.1 Å². The normalized spacial score (nSPS) is 23.6. The van der Waals surface area contributed by atoms with E-state index < -0.39 is 0 Å². The first-order valence-electron chi connectivity index (χ1n) is 6.79. The molecule has 0 bridgehead atoms. The van der Waals surface area contributed by atoms with E-state index in [9.17, 15) is 4.79 Å². The summed E-state index contributed by atoms with van der Waals surface area (Å²) in [5, 5.41) is 2.05. The van der Waals surface area contributed by atoms with Crippen molar-refractivity contribution in [3.05, 3.63) is 22.4 Å². The topological polar surface area (TPSA) is 55.6 Å². The van der Waals surface area contributed by atoms with Crippen LogP contribution in [-0.4, -0.2) is 43.2 Å². The summed E-state index contributed by atoms with van der Waals surface area (Å²) in [6, 6.07) is 4.24. The summed E-state index contributed by atoms with van der Waals surface area (Å²) >= 11 is 1.71. The number of thiophene rings is 1. The van der Waals surface area contributed by atoms with Gasteiger partial charge in [-0.1, -0.05) is 6.07 Å². The second-order valence-electron chi connectivity index (χ2n) is 4.94. The maximum atomic E-state index is 12.3. The molecule has 2 heterocycles. The van der Waals surface area contributed by atoms with E-state index >= 15 is 0 Å². The van der Waals surface area contributed by atoms with Gasteiger partial charge in [0.05, 0.1) is 6.10 Å². The van der Waals surface area contributed by atoms with Gasteiger partial charge in [-0.3, -0.25) is 4.79 Å². The highest BCUT2D eigenvalue weighted by Gasteiger charge is 2.30. The third-order valence-corrected chi connectivity index (χ3v) is 4.70. The Morgan fingerprint density at radius 3 is 3.11 bits per heavy atom. The van der Waals surface area contributed by atoms with Crippen molar-refractivity contribution in [2.45, 2.75) is 37.8 Å². The molecule has 2 atom stereocenters. The molecular weight excluding hydrogens is 260 g/mol. The van der Waals surface area contributed by atoms with Gasteiger partial charge in [0.15, 0.2) is 0 Å². The minimum atomic E-state index is 0.134. The molecule has 0 radical (unpaired) electrons. The minimum absolute atomic E-state index is 0.134. The number of hydrogen-bond acceptors (Lipinski definition) is 4. The van der Waals surface area contributed by atoms with E-state index in [1.807, 2.05) is 16.3 Å². The van der Waals surface area contributed by atoms with E-state index in [1.54, 1.807) is 18.4 Å². The number of piperidine rings is 1. The average molecular weight is 282 g/mol. The molecule has 0 unspecified atom stereocenters. The summed E-state index contributed by atoms with van der Waals surface area (Å²) in [5.41, 5.74) is 5.79. The van der Waals surface area contributed by atoms with Crippen LogP contribution in [-0.2, 0) is 16.0 Å². The average Bonchev–Trinajstić information content (AvgIpc) is 2.97. The summed E-state index contributed by atoms with van der Waals surface area (Å²) in [5.74, 6) is 0.221. The van der Waals surface area contributed by atoms with Gasteiger partial charge in [0.2, 0.25) is 5.91 Å². The summed E-state index contributed by atoms with van der Waals surface area (Å²) < 4.78 is 5.38. The first-order chi connectivity index (χ1) is 9.24. The molecule has 4 nitrogen and oxygen atoms in total. The number of ether oxygens (including phenoxy) is 1. The summed E-state index contributed by atoms with van der Waals surface area (Å²) in [6.07, 6.45) is 3.43. The van der Waals surface area contributed by atoms with Crippen molar-refractivity contribution >= 4 is 17.2 Å². The number of amides is 1. The number of aryl methyl sites for hydroxylation is 1. The molecule has 106 valence electrons. The molecule has 1 fully saturated rings.